The average Bonchev–Trinajstić information content (AvgIpc) is 2.62. The number of benzene rings is 1. The fourth-order valence-corrected chi connectivity index (χ4v) is 2.50. The summed E-state index contributed by atoms with van der Waals surface area (Å²) >= 11 is 0. The van der Waals surface area contributed by atoms with Crippen LogP contribution in [0.1, 0.15) is 31.4 Å². The van der Waals surface area contributed by atoms with Gasteiger partial charge >= 0.3 is 0 Å². The van der Waals surface area contributed by atoms with Gasteiger partial charge in [-0.1, -0.05) is 12.1 Å². The average molecular weight is 365 g/mol. The minimum atomic E-state index is 0.596. The molecule has 0 bridgehead atoms. The third-order valence-electron chi connectivity index (χ3n) is 3.96. The van der Waals surface area contributed by atoms with Crippen LogP contribution in [0.3, 0.4) is 0 Å². The van der Waals surface area contributed by atoms with Crippen molar-refractivity contribution in [3.05, 3.63) is 29.3 Å². The number of nitrogens with zero attached hydrogens (tertiary/aromatic N) is 2. The number of guanidine groups is 1. The van der Waals surface area contributed by atoms with Crippen LogP contribution < -0.4 is 15.4 Å². The molecule has 26 heavy (non-hydrogen) atoms. The van der Waals surface area contributed by atoms with Gasteiger partial charge in [0.05, 0.1) is 19.8 Å². The predicted octanol–water partition coefficient (Wildman–Crippen LogP) is 2.42. The van der Waals surface area contributed by atoms with Gasteiger partial charge in [-0.15, -0.1) is 0 Å². The maximum absolute atomic E-state index is 5.74. The van der Waals surface area contributed by atoms with Crippen LogP contribution in [0.4, 0.5) is 0 Å². The minimum absolute atomic E-state index is 0.596. The molecule has 0 aliphatic carbocycles. The highest BCUT2D eigenvalue weighted by Crippen LogP contribution is 2.21. The fourth-order valence-electron chi connectivity index (χ4n) is 2.50. The number of methoxy groups -OCH3 is 1. The smallest absolute Gasteiger partial charge is 0.191 e. The molecule has 0 aliphatic heterocycles. The van der Waals surface area contributed by atoms with E-state index >= 15 is 0 Å². The van der Waals surface area contributed by atoms with E-state index in [2.05, 4.69) is 54.6 Å². The molecule has 0 aromatic heterocycles. The third-order valence-corrected chi connectivity index (χ3v) is 3.96. The number of likely N-dealkylation sites (N-methyl/N-ethyl adjacent to an activating group) is 1. The van der Waals surface area contributed by atoms with E-state index in [0.717, 1.165) is 56.5 Å². The van der Waals surface area contributed by atoms with E-state index in [1.807, 2.05) is 6.92 Å². The summed E-state index contributed by atoms with van der Waals surface area (Å²) < 4.78 is 10.8. The van der Waals surface area contributed by atoms with Crippen LogP contribution in [0.5, 0.6) is 5.75 Å². The maximum Gasteiger partial charge on any atom is 0.191 e. The van der Waals surface area contributed by atoms with Crippen LogP contribution in [0.25, 0.3) is 0 Å². The second kappa shape index (κ2) is 13.4. The molecule has 1 rings (SSSR count). The Bertz CT molecular complexity index is 535. The van der Waals surface area contributed by atoms with E-state index in [9.17, 15) is 0 Å². The molecule has 0 unspecified atom stereocenters. The summed E-state index contributed by atoms with van der Waals surface area (Å²) in [7, 11) is 3.85. The Morgan fingerprint density at radius 2 is 2.00 bits per heavy atom. The summed E-state index contributed by atoms with van der Waals surface area (Å²) in [5.41, 5.74) is 2.30. The van der Waals surface area contributed by atoms with E-state index < -0.39 is 0 Å². The van der Waals surface area contributed by atoms with Crippen molar-refractivity contribution in [3.8, 4) is 5.75 Å². The molecule has 0 fully saturated rings. The summed E-state index contributed by atoms with van der Waals surface area (Å²) in [5.74, 6) is 1.77. The molecule has 1 aromatic rings. The van der Waals surface area contributed by atoms with E-state index in [1.165, 1.54) is 5.56 Å². The molecule has 0 radical (unpaired) electrons. The molecule has 148 valence electrons. The zero-order valence-electron chi connectivity index (χ0n) is 17.1. The maximum atomic E-state index is 5.74. The SMILES string of the molecule is CCNC(=NCc1ccc(C)cc1OCC)NCCCN(C)CCOC. The number of nitrogens with one attached hydrogen (secondary N) is 2. The molecule has 0 aliphatic rings. The van der Waals surface area contributed by atoms with Crippen molar-refractivity contribution in [2.24, 2.45) is 4.99 Å². The number of aryl methyl sites for hydroxylation is 1. The molecule has 0 amide bonds. The largest absolute Gasteiger partial charge is 0.494 e. The molecule has 0 atom stereocenters. The topological polar surface area (TPSA) is 58.1 Å². The van der Waals surface area contributed by atoms with Crippen molar-refractivity contribution in [1.82, 2.24) is 15.5 Å². The Kier molecular flexibility index (Phi) is 11.5. The van der Waals surface area contributed by atoms with Gasteiger partial charge in [0.2, 0.25) is 0 Å². The lowest BCUT2D eigenvalue weighted by atomic mass is 10.1. The minimum Gasteiger partial charge on any atom is -0.494 e. The highest BCUT2D eigenvalue weighted by Gasteiger charge is 2.05. The zero-order valence-corrected chi connectivity index (χ0v) is 17.1. The molecular formula is C20H36N4O2. The number of ether oxygens (including phenoxy) is 2. The van der Waals surface area contributed by atoms with E-state index in [4.69, 9.17) is 14.5 Å². The normalized spacial score (nSPS) is 11.7. The molecule has 0 heterocycles. The first kappa shape index (κ1) is 22.3. The Balaban J connectivity index is 2.53. The Labute approximate surface area is 159 Å². The second-order valence-corrected chi connectivity index (χ2v) is 6.32. The standard InChI is InChI=1S/C20H36N4O2/c1-6-21-20(22-11-8-12-24(4)13-14-25-5)23-16-18-10-9-17(3)15-19(18)26-7-2/h9-10,15H,6-8,11-14,16H2,1-5H3,(H2,21,22,23). The van der Waals surface area contributed by atoms with Crippen molar-refractivity contribution in [2.45, 2.75) is 33.7 Å². The second-order valence-electron chi connectivity index (χ2n) is 6.32. The number of aliphatic imine (C=N–C) groups is 1. The molecule has 6 heteroatoms. The number of hydrogen-bond acceptors (Lipinski definition) is 4. The lowest BCUT2D eigenvalue weighted by molar-refractivity contribution is 0.161. The highest BCUT2D eigenvalue weighted by molar-refractivity contribution is 5.79. The van der Waals surface area contributed by atoms with Crippen LogP contribution in [0.15, 0.2) is 23.2 Å². The zero-order chi connectivity index (χ0) is 19.2. The van der Waals surface area contributed by atoms with Gasteiger partial charge in [0, 0.05) is 32.3 Å². The molecular weight excluding hydrogens is 328 g/mol. The summed E-state index contributed by atoms with van der Waals surface area (Å²) in [6.07, 6.45) is 1.05. The van der Waals surface area contributed by atoms with Crippen molar-refractivity contribution < 1.29 is 9.47 Å². The third kappa shape index (κ3) is 9.06. The Hall–Kier alpha value is -1.79. The van der Waals surface area contributed by atoms with E-state index in [-0.39, 0.29) is 0 Å². The fraction of sp³-hybridized carbons (Fsp3) is 0.650. The van der Waals surface area contributed by atoms with Crippen LogP contribution in [-0.4, -0.2) is 64.4 Å². The summed E-state index contributed by atoms with van der Waals surface area (Å²) in [4.78, 5) is 6.98. The highest BCUT2D eigenvalue weighted by atomic mass is 16.5. The van der Waals surface area contributed by atoms with E-state index in [1.54, 1.807) is 7.11 Å². The van der Waals surface area contributed by atoms with Crippen LogP contribution in [0.2, 0.25) is 0 Å². The van der Waals surface area contributed by atoms with E-state index in [0.29, 0.717) is 13.2 Å². The first-order chi connectivity index (χ1) is 12.6. The summed E-state index contributed by atoms with van der Waals surface area (Å²) in [6.45, 7) is 11.9. The summed E-state index contributed by atoms with van der Waals surface area (Å²) in [6, 6.07) is 6.27. The van der Waals surface area contributed by atoms with Crippen molar-refractivity contribution >= 4 is 5.96 Å². The van der Waals surface area contributed by atoms with Gasteiger partial charge in [-0.05, 0) is 52.4 Å². The Morgan fingerprint density at radius 1 is 1.19 bits per heavy atom. The van der Waals surface area contributed by atoms with Crippen LogP contribution in [-0.2, 0) is 11.3 Å². The first-order valence-corrected chi connectivity index (χ1v) is 9.52. The molecule has 6 nitrogen and oxygen atoms in total. The van der Waals surface area contributed by atoms with Gasteiger partial charge in [0.15, 0.2) is 5.96 Å². The monoisotopic (exact) mass is 364 g/mol. The predicted molar refractivity (Wildman–Crippen MR) is 109 cm³/mol. The number of hydrogen-bond donors (Lipinski definition) is 2. The lowest BCUT2D eigenvalue weighted by Gasteiger charge is -2.17. The number of rotatable bonds is 12. The molecule has 0 saturated carbocycles. The first-order valence-electron chi connectivity index (χ1n) is 9.52. The van der Waals surface area contributed by atoms with Gasteiger partial charge in [-0.25, -0.2) is 4.99 Å². The van der Waals surface area contributed by atoms with Crippen molar-refractivity contribution in [1.29, 1.82) is 0 Å². The van der Waals surface area contributed by atoms with Crippen LogP contribution >= 0.6 is 0 Å². The molecule has 1 aromatic carbocycles. The summed E-state index contributed by atoms with van der Waals surface area (Å²) in [5, 5.41) is 6.71. The molecule has 0 spiro atoms. The van der Waals surface area contributed by atoms with Gasteiger partial charge in [0.1, 0.15) is 5.75 Å². The Morgan fingerprint density at radius 3 is 2.69 bits per heavy atom. The quantitative estimate of drug-likeness (QED) is 0.339. The van der Waals surface area contributed by atoms with Gasteiger partial charge in [-0.2, -0.15) is 0 Å². The van der Waals surface area contributed by atoms with Gasteiger partial charge < -0.3 is 25.0 Å². The van der Waals surface area contributed by atoms with Gasteiger partial charge in [-0.3, -0.25) is 0 Å². The molecule has 0 saturated heterocycles. The van der Waals surface area contributed by atoms with Gasteiger partial charge in [0.25, 0.3) is 0 Å². The molecule has 2 N–H and O–H groups in total. The van der Waals surface area contributed by atoms with Crippen molar-refractivity contribution in [2.75, 3.05) is 53.6 Å². The van der Waals surface area contributed by atoms with Crippen molar-refractivity contribution in [3.63, 3.8) is 0 Å². The van der Waals surface area contributed by atoms with Crippen LogP contribution in [0, 0.1) is 6.92 Å². The lowest BCUT2D eigenvalue weighted by Crippen LogP contribution is -2.38.